The molecule has 0 saturated carbocycles. The van der Waals surface area contributed by atoms with E-state index >= 15 is 0 Å². The van der Waals surface area contributed by atoms with E-state index < -0.39 is 0 Å². The number of nitrogens with zero attached hydrogens (tertiary/aromatic N) is 1. The molecular weight excluding hydrogens is 226 g/mol. The van der Waals surface area contributed by atoms with Gasteiger partial charge in [-0.2, -0.15) is 0 Å². The number of hydrogen-bond acceptors (Lipinski definition) is 2. The predicted octanol–water partition coefficient (Wildman–Crippen LogP) is 4.61. The van der Waals surface area contributed by atoms with Crippen molar-refractivity contribution in [3.63, 3.8) is 0 Å². The monoisotopic (exact) mass is 251 g/mol. The maximum absolute atomic E-state index is 2.22. The second-order valence-electron chi connectivity index (χ2n) is 4.26. The van der Waals surface area contributed by atoms with E-state index in [1.54, 1.807) is 11.8 Å². The Morgan fingerprint density at radius 3 is 2.41 bits per heavy atom. The van der Waals surface area contributed by atoms with Crippen LogP contribution >= 0.6 is 11.8 Å². The zero-order chi connectivity index (χ0) is 13.3. The van der Waals surface area contributed by atoms with Crippen LogP contribution < -0.4 is 0 Å². The Kier molecular flexibility index (Phi) is 8.69. The second kappa shape index (κ2) is 9.17. The molecule has 0 heterocycles. The van der Waals surface area contributed by atoms with Gasteiger partial charge in [-0.25, -0.2) is 0 Å². The van der Waals surface area contributed by atoms with Crippen LogP contribution in [0.5, 0.6) is 0 Å². The Morgan fingerprint density at radius 2 is 1.88 bits per heavy atom. The fourth-order valence-corrected chi connectivity index (χ4v) is 1.60. The summed E-state index contributed by atoms with van der Waals surface area (Å²) in [6.07, 6.45) is 12.8. The molecule has 0 spiro atoms. The number of thioether (sulfide) groups is 1. The highest BCUT2D eigenvalue weighted by atomic mass is 32.2. The average molecular weight is 251 g/mol. The van der Waals surface area contributed by atoms with Gasteiger partial charge >= 0.3 is 0 Å². The van der Waals surface area contributed by atoms with Crippen LogP contribution in [-0.4, -0.2) is 24.7 Å². The Bertz CT molecular complexity index is 335. The molecule has 0 rings (SSSR count). The van der Waals surface area contributed by atoms with Crippen molar-refractivity contribution in [2.24, 2.45) is 0 Å². The van der Waals surface area contributed by atoms with E-state index in [-0.39, 0.29) is 0 Å². The van der Waals surface area contributed by atoms with Gasteiger partial charge in [0.25, 0.3) is 0 Å². The molecule has 0 saturated heterocycles. The van der Waals surface area contributed by atoms with Crippen molar-refractivity contribution in [3.05, 3.63) is 46.6 Å². The smallest absolute Gasteiger partial charge is 0.0380 e. The molecule has 0 unspecified atom stereocenters. The zero-order valence-electron chi connectivity index (χ0n) is 11.9. The molecule has 0 aromatic heterocycles. The van der Waals surface area contributed by atoms with Gasteiger partial charge in [-0.05, 0) is 38.9 Å². The van der Waals surface area contributed by atoms with Gasteiger partial charge in [0.15, 0.2) is 0 Å². The quantitative estimate of drug-likeness (QED) is 0.634. The SMILES string of the molecule is C\C=C(C)/C=C\C=C(/C)CN(C)/C=C(/C)SC. The van der Waals surface area contributed by atoms with Gasteiger partial charge in [0.1, 0.15) is 0 Å². The highest BCUT2D eigenvalue weighted by Crippen LogP contribution is 2.10. The molecule has 0 aromatic rings. The first-order valence-electron chi connectivity index (χ1n) is 5.89. The molecular formula is C15H25NS. The molecule has 0 bridgehead atoms. The van der Waals surface area contributed by atoms with Crippen molar-refractivity contribution in [1.29, 1.82) is 0 Å². The van der Waals surface area contributed by atoms with E-state index in [9.17, 15) is 0 Å². The topological polar surface area (TPSA) is 3.24 Å². The number of allylic oxidation sites excluding steroid dienone is 6. The van der Waals surface area contributed by atoms with Crippen LogP contribution in [0.1, 0.15) is 27.7 Å². The highest BCUT2D eigenvalue weighted by molar-refractivity contribution is 8.02. The van der Waals surface area contributed by atoms with E-state index in [0.29, 0.717) is 0 Å². The summed E-state index contributed by atoms with van der Waals surface area (Å²) in [6.45, 7) is 9.43. The van der Waals surface area contributed by atoms with Gasteiger partial charge in [-0.3, -0.25) is 0 Å². The molecule has 0 atom stereocenters. The van der Waals surface area contributed by atoms with Gasteiger partial charge in [0, 0.05) is 19.8 Å². The van der Waals surface area contributed by atoms with Gasteiger partial charge in [0.2, 0.25) is 0 Å². The van der Waals surface area contributed by atoms with Crippen molar-refractivity contribution in [2.45, 2.75) is 27.7 Å². The van der Waals surface area contributed by atoms with Gasteiger partial charge in [-0.1, -0.05) is 35.5 Å². The third-order valence-electron chi connectivity index (χ3n) is 2.42. The summed E-state index contributed by atoms with van der Waals surface area (Å²) in [7, 11) is 2.11. The molecule has 0 aliphatic rings. The van der Waals surface area contributed by atoms with Gasteiger partial charge in [-0.15, -0.1) is 11.8 Å². The first-order chi connectivity index (χ1) is 7.99. The van der Waals surface area contributed by atoms with E-state index in [1.165, 1.54) is 16.1 Å². The minimum Gasteiger partial charge on any atom is -0.376 e. The molecule has 0 aliphatic heterocycles. The van der Waals surface area contributed by atoms with Crippen LogP contribution in [0.25, 0.3) is 0 Å². The van der Waals surface area contributed by atoms with Crippen molar-refractivity contribution in [1.82, 2.24) is 4.90 Å². The molecule has 0 radical (unpaired) electrons. The van der Waals surface area contributed by atoms with E-state index in [2.05, 4.69) is 76.4 Å². The molecule has 0 fully saturated rings. The van der Waals surface area contributed by atoms with Crippen LogP contribution in [0.4, 0.5) is 0 Å². The van der Waals surface area contributed by atoms with Crippen LogP contribution in [0.3, 0.4) is 0 Å². The fourth-order valence-electron chi connectivity index (χ4n) is 1.32. The Labute approximate surface area is 111 Å². The second-order valence-corrected chi connectivity index (χ2v) is 5.32. The molecule has 2 heteroatoms. The number of hydrogen-bond donors (Lipinski definition) is 0. The normalized spacial score (nSPS) is 14.6. The molecule has 0 aliphatic carbocycles. The zero-order valence-corrected chi connectivity index (χ0v) is 12.8. The average Bonchev–Trinajstić information content (AvgIpc) is 2.28. The molecule has 1 nitrogen and oxygen atoms in total. The van der Waals surface area contributed by atoms with Crippen molar-refractivity contribution < 1.29 is 0 Å². The summed E-state index contributed by atoms with van der Waals surface area (Å²) >= 11 is 1.78. The summed E-state index contributed by atoms with van der Waals surface area (Å²) < 4.78 is 0. The lowest BCUT2D eigenvalue weighted by Crippen LogP contribution is -2.13. The van der Waals surface area contributed by atoms with Crippen molar-refractivity contribution in [3.8, 4) is 0 Å². The Morgan fingerprint density at radius 1 is 1.24 bits per heavy atom. The van der Waals surface area contributed by atoms with E-state index in [1.807, 2.05) is 0 Å². The van der Waals surface area contributed by atoms with Crippen molar-refractivity contribution in [2.75, 3.05) is 19.8 Å². The molecule has 96 valence electrons. The number of rotatable bonds is 6. The number of likely N-dealkylation sites (N-methyl/N-ethyl adjacent to an activating group) is 1. The molecule has 0 N–H and O–H groups in total. The third kappa shape index (κ3) is 8.87. The van der Waals surface area contributed by atoms with Crippen molar-refractivity contribution >= 4 is 11.8 Å². The lowest BCUT2D eigenvalue weighted by Gasteiger charge is -2.15. The summed E-state index contributed by atoms with van der Waals surface area (Å²) in [5, 5.41) is 0. The first-order valence-corrected chi connectivity index (χ1v) is 7.11. The Hall–Kier alpha value is -0.890. The summed E-state index contributed by atoms with van der Waals surface area (Å²) in [5.41, 5.74) is 2.65. The maximum Gasteiger partial charge on any atom is 0.0380 e. The minimum absolute atomic E-state index is 0.969. The van der Waals surface area contributed by atoms with Crippen LogP contribution in [-0.2, 0) is 0 Å². The van der Waals surface area contributed by atoms with Crippen LogP contribution in [0.2, 0.25) is 0 Å². The van der Waals surface area contributed by atoms with Gasteiger partial charge < -0.3 is 4.90 Å². The summed E-state index contributed by atoms with van der Waals surface area (Å²) in [5.74, 6) is 0. The van der Waals surface area contributed by atoms with Crippen LogP contribution in [0.15, 0.2) is 46.6 Å². The summed E-state index contributed by atoms with van der Waals surface area (Å²) in [4.78, 5) is 3.55. The molecule has 0 aromatic carbocycles. The molecule has 17 heavy (non-hydrogen) atoms. The minimum atomic E-state index is 0.969. The highest BCUT2D eigenvalue weighted by Gasteiger charge is 1.94. The standard InChI is InChI=1S/C15H25NS/c1-7-13(2)9-8-10-14(3)11-16(5)12-15(4)17-6/h7-10,12H,11H2,1-6H3/b9-8-,13-7-,14-10+,15-12-. The summed E-state index contributed by atoms with van der Waals surface area (Å²) in [6, 6.07) is 0. The predicted molar refractivity (Wildman–Crippen MR) is 82.2 cm³/mol. The largest absolute Gasteiger partial charge is 0.376 e. The lowest BCUT2D eigenvalue weighted by molar-refractivity contribution is 0.495. The van der Waals surface area contributed by atoms with E-state index in [0.717, 1.165) is 6.54 Å². The van der Waals surface area contributed by atoms with Gasteiger partial charge in [0.05, 0.1) is 0 Å². The Balaban J connectivity index is 4.30. The van der Waals surface area contributed by atoms with Crippen LogP contribution in [0, 0.1) is 0 Å². The third-order valence-corrected chi connectivity index (χ3v) is 3.17. The lowest BCUT2D eigenvalue weighted by atomic mass is 10.2. The molecule has 0 amide bonds. The first kappa shape index (κ1) is 16.1. The maximum atomic E-state index is 2.22. The van der Waals surface area contributed by atoms with E-state index in [4.69, 9.17) is 0 Å². The fraction of sp³-hybridized carbons (Fsp3) is 0.467.